The summed E-state index contributed by atoms with van der Waals surface area (Å²) in [7, 11) is 0. The van der Waals surface area contributed by atoms with Gasteiger partial charge in [-0.3, -0.25) is 4.90 Å². The fourth-order valence-corrected chi connectivity index (χ4v) is 2.75. The van der Waals surface area contributed by atoms with Crippen molar-refractivity contribution < 1.29 is 4.74 Å². The Morgan fingerprint density at radius 2 is 2.33 bits per heavy atom. The summed E-state index contributed by atoms with van der Waals surface area (Å²) in [6, 6.07) is 6.33. The zero-order chi connectivity index (χ0) is 13.0. The lowest BCUT2D eigenvalue weighted by Gasteiger charge is -2.24. The SMILES string of the molecule is CCOc1ccc(Cl)cc1CN1CCCC1CN. The molecule has 0 spiro atoms. The first-order valence-electron chi connectivity index (χ1n) is 6.60. The molecule has 4 heteroatoms. The number of nitrogens with two attached hydrogens (primary N) is 1. The quantitative estimate of drug-likeness (QED) is 0.892. The minimum absolute atomic E-state index is 0.499. The zero-order valence-electron chi connectivity index (χ0n) is 10.9. The Bertz CT molecular complexity index is 397. The molecular weight excluding hydrogens is 248 g/mol. The van der Waals surface area contributed by atoms with Gasteiger partial charge < -0.3 is 10.5 Å². The van der Waals surface area contributed by atoms with Crippen LogP contribution in [0.4, 0.5) is 0 Å². The predicted octanol–water partition coefficient (Wildman–Crippen LogP) is 2.66. The van der Waals surface area contributed by atoms with Crippen molar-refractivity contribution in [2.45, 2.75) is 32.4 Å². The largest absolute Gasteiger partial charge is 0.494 e. The van der Waals surface area contributed by atoms with E-state index in [2.05, 4.69) is 4.90 Å². The van der Waals surface area contributed by atoms with Crippen LogP contribution in [0, 0.1) is 0 Å². The first-order valence-corrected chi connectivity index (χ1v) is 6.97. The van der Waals surface area contributed by atoms with E-state index in [0.29, 0.717) is 12.6 Å². The maximum Gasteiger partial charge on any atom is 0.123 e. The van der Waals surface area contributed by atoms with Gasteiger partial charge >= 0.3 is 0 Å². The minimum atomic E-state index is 0.499. The van der Waals surface area contributed by atoms with Crippen molar-refractivity contribution >= 4 is 11.6 Å². The lowest BCUT2D eigenvalue weighted by atomic mass is 10.1. The van der Waals surface area contributed by atoms with E-state index in [-0.39, 0.29) is 0 Å². The van der Waals surface area contributed by atoms with Gasteiger partial charge in [0.2, 0.25) is 0 Å². The highest BCUT2D eigenvalue weighted by Crippen LogP contribution is 2.27. The lowest BCUT2D eigenvalue weighted by molar-refractivity contribution is 0.243. The Morgan fingerprint density at radius 3 is 3.06 bits per heavy atom. The molecule has 0 aromatic heterocycles. The van der Waals surface area contributed by atoms with Crippen LogP contribution in [0.1, 0.15) is 25.3 Å². The van der Waals surface area contributed by atoms with Gasteiger partial charge in [-0.25, -0.2) is 0 Å². The Morgan fingerprint density at radius 1 is 1.50 bits per heavy atom. The molecule has 1 aliphatic heterocycles. The smallest absolute Gasteiger partial charge is 0.123 e. The Balaban J connectivity index is 2.14. The summed E-state index contributed by atoms with van der Waals surface area (Å²) in [5.74, 6) is 0.935. The van der Waals surface area contributed by atoms with E-state index >= 15 is 0 Å². The molecule has 1 atom stereocenters. The van der Waals surface area contributed by atoms with Crippen LogP contribution < -0.4 is 10.5 Å². The van der Waals surface area contributed by atoms with Crippen LogP contribution in [0.3, 0.4) is 0 Å². The van der Waals surface area contributed by atoms with Crippen molar-refractivity contribution in [2.75, 3.05) is 19.7 Å². The second kappa shape index (κ2) is 6.41. The molecule has 1 aromatic carbocycles. The van der Waals surface area contributed by atoms with E-state index in [9.17, 15) is 0 Å². The van der Waals surface area contributed by atoms with Gasteiger partial charge in [-0.05, 0) is 44.5 Å². The fourth-order valence-electron chi connectivity index (χ4n) is 2.56. The Labute approximate surface area is 114 Å². The lowest BCUT2D eigenvalue weighted by Crippen LogP contribution is -2.34. The Hall–Kier alpha value is -0.770. The summed E-state index contributed by atoms with van der Waals surface area (Å²) in [5, 5.41) is 0.761. The standard InChI is InChI=1S/C14H21ClN2O/c1-2-18-14-6-5-12(15)8-11(14)10-17-7-3-4-13(17)9-16/h5-6,8,13H,2-4,7,9-10,16H2,1H3. The normalized spacial score (nSPS) is 20.3. The molecule has 100 valence electrons. The molecule has 0 aliphatic carbocycles. The molecule has 1 aromatic rings. The summed E-state index contributed by atoms with van der Waals surface area (Å²) >= 11 is 6.07. The molecule has 18 heavy (non-hydrogen) atoms. The maximum atomic E-state index is 6.07. The third-order valence-electron chi connectivity index (χ3n) is 3.47. The second-order valence-corrected chi connectivity index (χ2v) is 5.12. The molecule has 1 aliphatic rings. The first-order chi connectivity index (χ1) is 8.74. The van der Waals surface area contributed by atoms with Gasteiger partial charge in [-0.2, -0.15) is 0 Å². The number of nitrogens with zero attached hydrogens (tertiary/aromatic N) is 1. The van der Waals surface area contributed by atoms with Crippen LogP contribution in [0.15, 0.2) is 18.2 Å². The number of halogens is 1. The van der Waals surface area contributed by atoms with E-state index in [1.54, 1.807) is 0 Å². The van der Waals surface area contributed by atoms with Gasteiger partial charge in [0.25, 0.3) is 0 Å². The predicted molar refractivity (Wildman–Crippen MR) is 75.1 cm³/mol. The molecule has 0 amide bonds. The molecule has 3 nitrogen and oxygen atoms in total. The summed E-state index contributed by atoms with van der Waals surface area (Å²) in [6.07, 6.45) is 2.42. The van der Waals surface area contributed by atoms with Gasteiger partial charge in [0.1, 0.15) is 5.75 Å². The minimum Gasteiger partial charge on any atom is -0.494 e. The third-order valence-corrected chi connectivity index (χ3v) is 3.70. The van der Waals surface area contributed by atoms with E-state index in [0.717, 1.165) is 36.0 Å². The molecule has 1 saturated heterocycles. The van der Waals surface area contributed by atoms with Crippen LogP contribution in [0.5, 0.6) is 5.75 Å². The molecule has 2 N–H and O–H groups in total. The van der Waals surface area contributed by atoms with Crippen molar-refractivity contribution in [1.29, 1.82) is 0 Å². The van der Waals surface area contributed by atoms with Crippen molar-refractivity contribution in [2.24, 2.45) is 5.73 Å². The molecule has 1 heterocycles. The number of likely N-dealkylation sites (tertiary alicyclic amines) is 1. The van der Waals surface area contributed by atoms with Gasteiger partial charge in [0.15, 0.2) is 0 Å². The number of benzene rings is 1. The van der Waals surface area contributed by atoms with Crippen LogP contribution >= 0.6 is 11.6 Å². The molecule has 1 unspecified atom stereocenters. The van der Waals surface area contributed by atoms with Crippen LogP contribution in [0.2, 0.25) is 5.02 Å². The average Bonchev–Trinajstić information content (AvgIpc) is 2.80. The maximum absolute atomic E-state index is 6.07. The summed E-state index contributed by atoms with van der Waals surface area (Å²) < 4.78 is 5.65. The van der Waals surface area contributed by atoms with Crippen molar-refractivity contribution in [3.63, 3.8) is 0 Å². The van der Waals surface area contributed by atoms with Crippen LogP contribution in [-0.2, 0) is 6.54 Å². The van der Waals surface area contributed by atoms with E-state index < -0.39 is 0 Å². The van der Waals surface area contributed by atoms with E-state index in [1.807, 2.05) is 25.1 Å². The van der Waals surface area contributed by atoms with Crippen molar-refractivity contribution in [3.05, 3.63) is 28.8 Å². The highest BCUT2D eigenvalue weighted by atomic mass is 35.5. The highest BCUT2D eigenvalue weighted by Gasteiger charge is 2.24. The number of hydrogen-bond acceptors (Lipinski definition) is 3. The van der Waals surface area contributed by atoms with Crippen LogP contribution in [0.25, 0.3) is 0 Å². The van der Waals surface area contributed by atoms with E-state index in [1.165, 1.54) is 12.8 Å². The van der Waals surface area contributed by atoms with Gasteiger partial charge in [0.05, 0.1) is 6.61 Å². The molecule has 0 bridgehead atoms. The molecule has 2 rings (SSSR count). The monoisotopic (exact) mass is 268 g/mol. The number of hydrogen-bond donors (Lipinski definition) is 1. The summed E-state index contributed by atoms with van der Waals surface area (Å²) in [6.45, 7) is 5.38. The molecular formula is C14H21ClN2O. The topological polar surface area (TPSA) is 38.5 Å². The number of ether oxygens (including phenoxy) is 1. The molecule has 1 fully saturated rings. The molecule has 0 saturated carbocycles. The second-order valence-electron chi connectivity index (χ2n) is 4.69. The van der Waals surface area contributed by atoms with Gasteiger partial charge in [-0.1, -0.05) is 11.6 Å². The van der Waals surface area contributed by atoms with Crippen LogP contribution in [-0.4, -0.2) is 30.6 Å². The number of rotatable bonds is 5. The fraction of sp³-hybridized carbons (Fsp3) is 0.571. The highest BCUT2D eigenvalue weighted by molar-refractivity contribution is 6.30. The third kappa shape index (κ3) is 3.16. The van der Waals surface area contributed by atoms with Crippen molar-refractivity contribution in [3.8, 4) is 5.75 Å². The van der Waals surface area contributed by atoms with Crippen molar-refractivity contribution in [1.82, 2.24) is 4.90 Å². The Kier molecular flexibility index (Phi) is 4.87. The summed E-state index contributed by atoms with van der Waals surface area (Å²) in [5.41, 5.74) is 6.96. The average molecular weight is 269 g/mol. The van der Waals surface area contributed by atoms with E-state index in [4.69, 9.17) is 22.1 Å². The first kappa shape index (κ1) is 13.7. The summed E-state index contributed by atoms with van der Waals surface area (Å²) in [4.78, 5) is 2.42. The van der Waals surface area contributed by atoms with Gasteiger partial charge in [-0.15, -0.1) is 0 Å². The molecule has 0 radical (unpaired) electrons. The zero-order valence-corrected chi connectivity index (χ0v) is 11.6. The van der Waals surface area contributed by atoms with Gasteiger partial charge in [0, 0.05) is 29.7 Å².